The summed E-state index contributed by atoms with van der Waals surface area (Å²) in [4.78, 5) is 12.2. The first-order valence-corrected chi connectivity index (χ1v) is 14.5. The van der Waals surface area contributed by atoms with Gasteiger partial charge in [-0.1, -0.05) is 115 Å². The number of unbranched alkanes of at least 4 members (excludes halogenated alkanes) is 14. The second kappa shape index (κ2) is 26.5. The molecule has 0 aromatic carbocycles. The van der Waals surface area contributed by atoms with Crippen LogP contribution in [-0.2, 0) is 4.79 Å². The van der Waals surface area contributed by atoms with E-state index in [0.29, 0.717) is 12.8 Å². The molecule has 4 heteroatoms. The summed E-state index contributed by atoms with van der Waals surface area (Å²) in [5.41, 5.74) is 0. The summed E-state index contributed by atoms with van der Waals surface area (Å²) in [6.07, 6.45) is 30.8. The third-order valence-corrected chi connectivity index (χ3v) is 6.47. The molecule has 3 N–H and O–H groups in total. The zero-order valence-electron chi connectivity index (χ0n) is 22.6. The summed E-state index contributed by atoms with van der Waals surface area (Å²) in [7, 11) is 0. The van der Waals surface area contributed by atoms with Crippen molar-refractivity contribution in [2.75, 3.05) is 6.61 Å². The lowest BCUT2D eigenvalue weighted by Crippen LogP contribution is -2.45. The highest BCUT2D eigenvalue weighted by Gasteiger charge is 2.19. The van der Waals surface area contributed by atoms with E-state index >= 15 is 0 Å². The highest BCUT2D eigenvalue weighted by molar-refractivity contribution is 5.76. The van der Waals surface area contributed by atoms with Gasteiger partial charge in [-0.3, -0.25) is 4.79 Å². The molecule has 0 radical (unpaired) electrons. The molecule has 4 nitrogen and oxygen atoms in total. The Balaban J connectivity index is 3.63. The molecule has 200 valence electrons. The number of aliphatic hydroxyl groups is 2. The SMILES string of the molecule is CCCCCC/C=C\C/C=C\CCCCCCCC(=O)NC(CO)C(O)CCCCCCCC. The number of hydrogen-bond acceptors (Lipinski definition) is 3. The number of allylic oxidation sites excluding steroid dienone is 4. The van der Waals surface area contributed by atoms with Gasteiger partial charge in [0.25, 0.3) is 0 Å². The number of amides is 1. The number of aliphatic hydroxyl groups excluding tert-OH is 2. The lowest BCUT2D eigenvalue weighted by Gasteiger charge is -2.22. The van der Waals surface area contributed by atoms with E-state index in [1.807, 2.05) is 0 Å². The van der Waals surface area contributed by atoms with Crippen molar-refractivity contribution in [3.05, 3.63) is 24.3 Å². The molecule has 0 bridgehead atoms. The zero-order chi connectivity index (χ0) is 25.1. The Morgan fingerprint density at radius 1 is 0.706 bits per heavy atom. The number of rotatable bonds is 25. The molecule has 0 aromatic rings. The summed E-state index contributed by atoms with van der Waals surface area (Å²) >= 11 is 0. The van der Waals surface area contributed by atoms with Crippen LogP contribution in [0.5, 0.6) is 0 Å². The number of carbonyl (C=O) groups excluding carboxylic acids is 1. The average Bonchev–Trinajstić information content (AvgIpc) is 2.84. The first-order valence-electron chi connectivity index (χ1n) is 14.5. The summed E-state index contributed by atoms with van der Waals surface area (Å²) in [5.74, 6) is -0.0533. The molecule has 0 aliphatic carbocycles. The monoisotopic (exact) mass is 479 g/mol. The van der Waals surface area contributed by atoms with Gasteiger partial charge in [0.15, 0.2) is 0 Å². The van der Waals surface area contributed by atoms with Gasteiger partial charge in [0.05, 0.1) is 18.8 Å². The number of nitrogens with one attached hydrogen (secondary N) is 1. The molecule has 0 saturated heterocycles. The van der Waals surface area contributed by atoms with Crippen molar-refractivity contribution in [3.63, 3.8) is 0 Å². The molecule has 0 aliphatic rings. The summed E-state index contributed by atoms with van der Waals surface area (Å²) in [6, 6.07) is -0.536. The smallest absolute Gasteiger partial charge is 0.220 e. The Kier molecular flexibility index (Phi) is 25.6. The molecule has 0 aliphatic heterocycles. The van der Waals surface area contributed by atoms with Crippen LogP contribution in [0, 0.1) is 0 Å². The maximum atomic E-state index is 12.2. The second-order valence-corrected chi connectivity index (χ2v) is 9.81. The van der Waals surface area contributed by atoms with E-state index in [4.69, 9.17) is 0 Å². The maximum Gasteiger partial charge on any atom is 0.220 e. The molecular formula is C30H57NO3. The Morgan fingerprint density at radius 2 is 1.21 bits per heavy atom. The third-order valence-electron chi connectivity index (χ3n) is 6.47. The van der Waals surface area contributed by atoms with Gasteiger partial charge in [0, 0.05) is 6.42 Å². The van der Waals surface area contributed by atoms with Crippen molar-refractivity contribution in [2.24, 2.45) is 0 Å². The van der Waals surface area contributed by atoms with E-state index in [9.17, 15) is 15.0 Å². The quantitative estimate of drug-likeness (QED) is 0.0924. The fraction of sp³-hybridized carbons (Fsp3) is 0.833. The molecule has 34 heavy (non-hydrogen) atoms. The van der Waals surface area contributed by atoms with Gasteiger partial charge in [0.2, 0.25) is 5.91 Å². The molecular weight excluding hydrogens is 422 g/mol. The van der Waals surface area contributed by atoms with Crippen LogP contribution in [0.4, 0.5) is 0 Å². The van der Waals surface area contributed by atoms with E-state index in [1.165, 1.54) is 70.6 Å². The normalized spacial score (nSPS) is 13.6. The van der Waals surface area contributed by atoms with Crippen molar-refractivity contribution >= 4 is 5.91 Å². The molecule has 0 rings (SSSR count). The largest absolute Gasteiger partial charge is 0.394 e. The maximum absolute atomic E-state index is 12.2. The van der Waals surface area contributed by atoms with Gasteiger partial charge in [-0.05, 0) is 44.9 Å². The molecule has 2 atom stereocenters. The van der Waals surface area contributed by atoms with Crippen LogP contribution >= 0.6 is 0 Å². The summed E-state index contributed by atoms with van der Waals surface area (Å²) in [5, 5.41) is 22.7. The molecule has 0 spiro atoms. The minimum Gasteiger partial charge on any atom is -0.394 e. The van der Waals surface area contributed by atoms with E-state index in [-0.39, 0.29) is 12.5 Å². The van der Waals surface area contributed by atoms with Crippen molar-refractivity contribution in [2.45, 2.75) is 154 Å². The molecule has 1 amide bonds. The minimum atomic E-state index is -0.658. The van der Waals surface area contributed by atoms with Crippen LogP contribution in [0.15, 0.2) is 24.3 Å². The molecule has 2 unspecified atom stereocenters. The van der Waals surface area contributed by atoms with Crippen molar-refractivity contribution in [3.8, 4) is 0 Å². The molecule has 0 saturated carbocycles. The lowest BCUT2D eigenvalue weighted by molar-refractivity contribution is -0.123. The summed E-state index contributed by atoms with van der Waals surface area (Å²) < 4.78 is 0. The van der Waals surface area contributed by atoms with Crippen LogP contribution in [-0.4, -0.2) is 34.9 Å². The predicted octanol–water partition coefficient (Wildman–Crippen LogP) is 7.78. The topological polar surface area (TPSA) is 69.6 Å². The zero-order valence-corrected chi connectivity index (χ0v) is 22.6. The van der Waals surface area contributed by atoms with E-state index in [2.05, 4.69) is 43.5 Å². The average molecular weight is 480 g/mol. The van der Waals surface area contributed by atoms with E-state index < -0.39 is 12.1 Å². The Morgan fingerprint density at radius 3 is 1.79 bits per heavy atom. The highest BCUT2D eigenvalue weighted by atomic mass is 16.3. The summed E-state index contributed by atoms with van der Waals surface area (Å²) in [6.45, 7) is 4.25. The molecule has 0 aromatic heterocycles. The van der Waals surface area contributed by atoms with Gasteiger partial charge in [-0.2, -0.15) is 0 Å². The Bertz CT molecular complexity index is 489. The van der Waals surface area contributed by atoms with Crippen LogP contribution in [0.25, 0.3) is 0 Å². The predicted molar refractivity (Wildman–Crippen MR) is 147 cm³/mol. The fourth-order valence-electron chi connectivity index (χ4n) is 4.15. The standard InChI is InChI=1S/C30H57NO3/c1-3-5-7-9-11-12-13-14-15-16-17-18-19-20-22-24-26-30(34)31-28(27-32)29(33)25-23-21-10-8-6-4-2/h12-13,15-16,28-29,32-33H,3-11,14,17-27H2,1-2H3,(H,31,34)/b13-12-,16-15-. The van der Waals surface area contributed by atoms with Gasteiger partial charge in [-0.25, -0.2) is 0 Å². The Labute approximate surface area is 211 Å². The molecule has 0 heterocycles. The van der Waals surface area contributed by atoms with Gasteiger partial charge in [0.1, 0.15) is 0 Å². The van der Waals surface area contributed by atoms with Gasteiger partial charge < -0.3 is 15.5 Å². The Hall–Kier alpha value is -1.13. The van der Waals surface area contributed by atoms with Crippen molar-refractivity contribution < 1.29 is 15.0 Å². The second-order valence-electron chi connectivity index (χ2n) is 9.81. The van der Waals surface area contributed by atoms with Gasteiger partial charge >= 0.3 is 0 Å². The fourth-order valence-corrected chi connectivity index (χ4v) is 4.15. The van der Waals surface area contributed by atoms with Crippen LogP contribution < -0.4 is 5.32 Å². The first-order chi connectivity index (χ1) is 16.7. The lowest BCUT2D eigenvalue weighted by atomic mass is 10.0. The van der Waals surface area contributed by atoms with Crippen molar-refractivity contribution in [1.82, 2.24) is 5.32 Å². The van der Waals surface area contributed by atoms with Gasteiger partial charge in [-0.15, -0.1) is 0 Å². The minimum absolute atomic E-state index is 0.0533. The van der Waals surface area contributed by atoms with E-state index in [0.717, 1.165) is 44.9 Å². The number of carbonyl (C=O) groups is 1. The van der Waals surface area contributed by atoms with Crippen LogP contribution in [0.1, 0.15) is 142 Å². The van der Waals surface area contributed by atoms with Crippen LogP contribution in [0.2, 0.25) is 0 Å². The third kappa shape index (κ3) is 22.7. The highest BCUT2D eigenvalue weighted by Crippen LogP contribution is 2.12. The van der Waals surface area contributed by atoms with Crippen LogP contribution in [0.3, 0.4) is 0 Å². The number of hydrogen-bond donors (Lipinski definition) is 3. The van der Waals surface area contributed by atoms with E-state index in [1.54, 1.807) is 0 Å². The molecule has 0 fully saturated rings. The van der Waals surface area contributed by atoms with Crippen molar-refractivity contribution in [1.29, 1.82) is 0 Å². The first kappa shape index (κ1) is 32.9.